The van der Waals surface area contributed by atoms with Crippen molar-refractivity contribution in [3.8, 4) is 17.1 Å². The fourth-order valence-electron chi connectivity index (χ4n) is 3.40. The summed E-state index contributed by atoms with van der Waals surface area (Å²) in [4.78, 5) is 21.3. The number of pyridine rings is 1. The molecule has 0 N–H and O–H groups in total. The van der Waals surface area contributed by atoms with Gasteiger partial charge in [-0.1, -0.05) is 6.07 Å². The third-order valence-corrected chi connectivity index (χ3v) is 4.80. The smallest absolute Gasteiger partial charge is 0.420 e. The predicted octanol–water partition coefficient (Wildman–Crippen LogP) is 5.24. The van der Waals surface area contributed by atoms with Crippen molar-refractivity contribution < 1.29 is 14.3 Å². The maximum atomic E-state index is 12.4. The van der Waals surface area contributed by atoms with Gasteiger partial charge < -0.3 is 9.47 Å². The van der Waals surface area contributed by atoms with Crippen LogP contribution >= 0.6 is 0 Å². The summed E-state index contributed by atoms with van der Waals surface area (Å²) in [5.41, 5.74) is 3.48. The van der Waals surface area contributed by atoms with E-state index in [1.165, 1.54) is 10.9 Å². The predicted molar refractivity (Wildman–Crippen MR) is 122 cm³/mol. The highest BCUT2D eigenvalue weighted by Crippen LogP contribution is 2.26. The second-order valence-corrected chi connectivity index (χ2v) is 8.80. The first-order valence-corrected chi connectivity index (χ1v) is 10.5. The molecule has 0 bridgehead atoms. The fraction of sp³-hybridized carbons (Fsp3) is 0.333. The minimum atomic E-state index is -0.580. The lowest BCUT2D eigenvalue weighted by Crippen LogP contribution is -2.26. The number of fused-ring (bicyclic) bond motifs is 1. The molecule has 0 aliphatic rings. The molecule has 4 aromatic rings. The molecule has 3 aromatic heterocycles. The van der Waals surface area contributed by atoms with E-state index in [1.54, 1.807) is 18.5 Å². The number of imidazole rings is 1. The second-order valence-electron chi connectivity index (χ2n) is 8.80. The highest BCUT2D eigenvalue weighted by molar-refractivity contribution is 5.87. The Morgan fingerprint density at radius 2 is 1.91 bits per heavy atom. The number of hydrogen-bond acceptors (Lipinski definition) is 6. The normalized spacial score (nSPS) is 11.8. The van der Waals surface area contributed by atoms with Crippen molar-refractivity contribution in [1.29, 1.82) is 0 Å². The van der Waals surface area contributed by atoms with Gasteiger partial charge in [0.25, 0.3) is 0 Å². The Morgan fingerprint density at radius 3 is 2.66 bits per heavy atom. The molecular formula is C24H27N5O3. The molecule has 0 radical (unpaired) electrons. The van der Waals surface area contributed by atoms with Crippen molar-refractivity contribution in [2.75, 3.05) is 0 Å². The number of aromatic nitrogens is 5. The van der Waals surface area contributed by atoms with E-state index < -0.39 is 11.7 Å². The molecule has 1 aromatic carbocycles. The average molecular weight is 434 g/mol. The molecule has 0 atom stereocenters. The van der Waals surface area contributed by atoms with Crippen LogP contribution in [0.25, 0.3) is 22.4 Å². The van der Waals surface area contributed by atoms with Gasteiger partial charge in [0.05, 0.1) is 22.4 Å². The Morgan fingerprint density at radius 1 is 1.09 bits per heavy atom. The van der Waals surface area contributed by atoms with Gasteiger partial charge in [0.15, 0.2) is 0 Å². The Labute approximate surface area is 186 Å². The van der Waals surface area contributed by atoms with Crippen LogP contribution in [0, 0.1) is 0 Å². The van der Waals surface area contributed by atoms with Crippen molar-refractivity contribution in [1.82, 2.24) is 24.3 Å². The van der Waals surface area contributed by atoms with E-state index in [1.807, 2.05) is 55.8 Å². The van der Waals surface area contributed by atoms with E-state index in [9.17, 15) is 4.79 Å². The van der Waals surface area contributed by atoms with Crippen LogP contribution in [0.15, 0.2) is 55.1 Å². The highest BCUT2D eigenvalue weighted by atomic mass is 16.6. The molecule has 4 rings (SSSR count). The Balaban J connectivity index is 1.55. The quantitative estimate of drug-likeness (QED) is 0.428. The number of nitrogens with zero attached hydrogens (tertiary/aromatic N) is 5. The number of carbonyl (C=O) groups is 1. The van der Waals surface area contributed by atoms with Crippen LogP contribution in [0.4, 0.5) is 4.79 Å². The minimum absolute atomic E-state index is 0.221. The van der Waals surface area contributed by atoms with E-state index >= 15 is 0 Å². The number of hydrogen-bond donors (Lipinski definition) is 0. The first kappa shape index (κ1) is 21.5. The van der Waals surface area contributed by atoms with Gasteiger partial charge in [-0.3, -0.25) is 9.67 Å². The monoisotopic (exact) mass is 433 g/mol. The summed E-state index contributed by atoms with van der Waals surface area (Å²) in [6, 6.07) is 11.5. The van der Waals surface area contributed by atoms with Crippen LogP contribution in [0.1, 0.15) is 46.2 Å². The molecule has 0 aliphatic carbocycles. The largest absolute Gasteiger partial charge is 0.489 e. The third-order valence-electron chi connectivity index (χ3n) is 4.80. The van der Waals surface area contributed by atoms with Gasteiger partial charge in [-0.25, -0.2) is 14.3 Å². The summed E-state index contributed by atoms with van der Waals surface area (Å²) in [7, 11) is 0. The van der Waals surface area contributed by atoms with E-state index in [0.29, 0.717) is 23.4 Å². The maximum absolute atomic E-state index is 12.4. The summed E-state index contributed by atoms with van der Waals surface area (Å²) in [5.74, 6) is 0.652. The van der Waals surface area contributed by atoms with Gasteiger partial charge in [0, 0.05) is 30.1 Å². The van der Waals surface area contributed by atoms with Gasteiger partial charge in [0.1, 0.15) is 24.3 Å². The summed E-state index contributed by atoms with van der Waals surface area (Å²) < 4.78 is 14.8. The van der Waals surface area contributed by atoms with Gasteiger partial charge in [-0.15, -0.1) is 0 Å². The van der Waals surface area contributed by atoms with Crippen LogP contribution < -0.4 is 4.74 Å². The lowest BCUT2D eigenvalue weighted by atomic mass is 10.1. The summed E-state index contributed by atoms with van der Waals surface area (Å²) in [5, 5.41) is 4.41. The lowest BCUT2D eigenvalue weighted by molar-refractivity contribution is 0.0543. The molecule has 0 saturated heterocycles. The molecule has 0 aliphatic heterocycles. The van der Waals surface area contributed by atoms with Crippen molar-refractivity contribution in [2.24, 2.45) is 0 Å². The molecule has 166 valence electrons. The van der Waals surface area contributed by atoms with E-state index in [4.69, 9.17) is 9.47 Å². The minimum Gasteiger partial charge on any atom is -0.489 e. The molecule has 32 heavy (non-hydrogen) atoms. The summed E-state index contributed by atoms with van der Waals surface area (Å²) in [6.07, 6.45) is 4.56. The standard InChI is InChI=1S/C24H27N5O3/c1-16(2)29-21(10-12-27-29)22-17(7-6-11-25-22)14-31-18-8-9-20-19(13-18)26-15-28(20)23(30)32-24(3,4)5/h6-13,15-16H,14H2,1-5H3. The van der Waals surface area contributed by atoms with E-state index in [0.717, 1.165) is 17.0 Å². The topological polar surface area (TPSA) is 84.1 Å². The number of rotatable bonds is 5. The maximum Gasteiger partial charge on any atom is 0.420 e. The van der Waals surface area contributed by atoms with Crippen LogP contribution in [-0.2, 0) is 11.3 Å². The molecular weight excluding hydrogens is 406 g/mol. The molecule has 0 unspecified atom stereocenters. The van der Waals surface area contributed by atoms with Crippen molar-refractivity contribution in [3.63, 3.8) is 0 Å². The van der Waals surface area contributed by atoms with Crippen LogP contribution in [0.2, 0.25) is 0 Å². The number of carbonyl (C=O) groups excluding carboxylic acids is 1. The molecule has 8 heteroatoms. The first-order valence-electron chi connectivity index (χ1n) is 10.5. The molecule has 0 spiro atoms. The van der Waals surface area contributed by atoms with Gasteiger partial charge >= 0.3 is 6.09 Å². The summed E-state index contributed by atoms with van der Waals surface area (Å²) >= 11 is 0. The van der Waals surface area contributed by atoms with Gasteiger partial charge in [0.2, 0.25) is 0 Å². The SMILES string of the molecule is CC(C)n1nccc1-c1ncccc1COc1ccc2c(c1)ncn2C(=O)OC(C)(C)C. The van der Waals surface area contributed by atoms with Crippen LogP contribution in [-0.4, -0.2) is 36.0 Å². The lowest BCUT2D eigenvalue weighted by Gasteiger charge is -2.19. The number of benzene rings is 1. The van der Waals surface area contributed by atoms with Crippen LogP contribution in [0.3, 0.4) is 0 Å². The Kier molecular flexibility index (Phi) is 5.69. The van der Waals surface area contributed by atoms with Crippen LogP contribution in [0.5, 0.6) is 5.75 Å². The molecule has 0 saturated carbocycles. The molecule has 3 heterocycles. The Hall–Kier alpha value is -3.68. The molecule has 8 nitrogen and oxygen atoms in total. The zero-order valence-corrected chi connectivity index (χ0v) is 18.9. The van der Waals surface area contributed by atoms with Crippen molar-refractivity contribution in [2.45, 2.75) is 52.9 Å². The van der Waals surface area contributed by atoms with E-state index in [2.05, 4.69) is 28.9 Å². The zero-order chi connectivity index (χ0) is 22.9. The third kappa shape index (κ3) is 4.49. The van der Waals surface area contributed by atoms with Crippen molar-refractivity contribution >= 4 is 17.1 Å². The van der Waals surface area contributed by atoms with Gasteiger partial charge in [-0.2, -0.15) is 5.10 Å². The zero-order valence-electron chi connectivity index (χ0n) is 18.9. The highest BCUT2D eigenvalue weighted by Gasteiger charge is 2.20. The number of ether oxygens (including phenoxy) is 2. The summed E-state index contributed by atoms with van der Waals surface area (Å²) in [6.45, 7) is 10.00. The average Bonchev–Trinajstić information content (AvgIpc) is 3.38. The Bertz CT molecular complexity index is 1250. The fourth-order valence-corrected chi connectivity index (χ4v) is 3.40. The molecule has 0 amide bonds. The second kappa shape index (κ2) is 8.45. The van der Waals surface area contributed by atoms with Crippen molar-refractivity contribution in [3.05, 3.63) is 60.7 Å². The van der Waals surface area contributed by atoms with E-state index in [-0.39, 0.29) is 6.04 Å². The van der Waals surface area contributed by atoms with Gasteiger partial charge in [-0.05, 0) is 58.9 Å². The first-order chi connectivity index (χ1) is 15.2. The molecule has 0 fully saturated rings.